The van der Waals surface area contributed by atoms with E-state index in [1.54, 1.807) is 14.1 Å². The fourth-order valence-electron chi connectivity index (χ4n) is 1.45. The smallest absolute Gasteiger partial charge is 0.266 e. The molecule has 0 bridgehead atoms. The summed E-state index contributed by atoms with van der Waals surface area (Å²) in [6, 6.07) is 5.78. The molecule has 1 amide bonds. The van der Waals surface area contributed by atoms with Gasteiger partial charge in [0.2, 0.25) is 14.2 Å². The molecular formula is C12H10BrClN2O3S2. The molecule has 0 unspecified atom stereocenters. The van der Waals surface area contributed by atoms with Crippen LogP contribution in [0.2, 0.25) is 5.02 Å². The van der Waals surface area contributed by atoms with E-state index >= 15 is 0 Å². The lowest BCUT2D eigenvalue weighted by atomic mass is 10.4. The Morgan fingerprint density at radius 3 is 2.38 bits per heavy atom. The number of benzene rings is 1. The van der Waals surface area contributed by atoms with Crippen LogP contribution < -0.4 is 0 Å². The largest absolute Gasteiger partial charge is 0.344 e. The second-order valence-corrected chi connectivity index (χ2v) is 8.57. The molecule has 0 spiro atoms. The van der Waals surface area contributed by atoms with Crippen LogP contribution in [0.15, 0.2) is 38.1 Å². The number of hydrogen-bond donors (Lipinski definition) is 0. The number of rotatable bonds is 3. The summed E-state index contributed by atoms with van der Waals surface area (Å²) in [5, 5.41) is 0.442. The van der Waals surface area contributed by atoms with Crippen LogP contribution in [0, 0.1) is 0 Å². The van der Waals surface area contributed by atoms with Crippen LogP contribution >= 0.6 is 38.9 Å². The summed E-state index contributed by atoms with van der Waals surface area (Å²) in [6.45, 7) is 0. The quantitative estimate of drug-likeness (QED) is 0.781. The summed E-state index contributed by atoms with van der Waals surface area (Å²) in [7, 11) is -0.598. The van der Waals surface area contributed by atoms with Crippen molar-refractivity contribution in [3.63, 3.8) is 0 Å². The Balaban J connectivity index is 2.49. The number of carbonyl (C=O) groups is 1. The van der Waals surface area contributed by atoms with Gasteiger partial charge in [0.25, 0.3) is 5.91 Å². The maximum atomic E-state index is 12.5. The molecule has 0 radical (unpaired) electrons. The highest BCUT2D eigenvalue weighted by molar-refractivity contribution is 9.10. The van der Waals surface area contributed by atoms with Crippen molar-refractivity contribution >= 4 is 54.6 Å². The van der Waals surface area contributed by atoms with Crippen molar-refractivity contribution in [1.29, 1.82) is 0 Å². The van der Waals surface area contributed by atoms with Crippen molar-refractivity contribution in [3.8, 4) is 0 Å². The second-order valence-electron chi connectivity index (χ2n) is 4.26. The molecule has 0 saturated heterocycles. The summed E-state index contributed by atoms with van der Waals surface area (Å²) in [5.41, 5.74) is 0. The van der Waals surface area contributed by atoms with Crippen molar-refractivity contribution in [3.05, 3.63) is 38.8 Å². The van der Waals surface area contributed by atoms with E-state index in [2.05, 4.69) is 20.9 Å². The fraction of sp³-hybridized carbons (Fsp3) is 0.167. The summed E-state index contributed by atoms with van der Waals surface area (Å²) >= 11 is 9.71. The molecule has 0 aliphatic rings. The first kappa shape index (κ1) is 16.4. The zero-order chi connectivity index (χ0) is 15.8. The normalized spacial score (nSPS) is 11.4. The molecule has 0 N–H and O–H groups in total. The molecule has 0 aliphatic heterocycles. The number of sulfone groups is 1. The van der Waals surface area contributed by atoms with E-state index in [1.165, 1.54) is 29.2 Å². The van der Waals surface area contributed by atoms with Gasteiger partial charge in [0.15, 0.2) is 0 Å². The fourth-order valence-corrected chi connectivity index (χ4v) is 4.99. The van der Waals surface area contributed by atoms with Crippen LogP contribution in [0.5, 0.6) is 0 Å². The van der Waals surface area contributed by atoms with Gasteiger partial charge in [-0.3, -0.25) is 4.79 Å². The zero-order valence-corrected chi connectivity index (χ0v) is 15.0. The minimum absolute atomic E-state index is 0.0806. The van der Waals surface area contributed by atoms with Gasteiger partial charge < -0.3 is 4.90 Å². The molecule has 9 heteroatoms. The number of thiazole rings is 1. The highest BCUT2D eigenvalue weighted by Gasteiger charge is 2.26. The van der Waals surface area contributed by atoms with Crippen LogP contribution in [-0.4, -0.2) is 38.3 Å². The Kier molecular flexibility index (Phi) is 4.72. The van der Waals surface area contributed by atoms with Gasteiger partial charge in [0.05, 0.1) is 4.90 Å². The zero-order valence-electron chi connectivity index (χ0n) is 11.0. The third kappa shape index (κ3) is 3.28. The standard InChI is InChI=1S/C12H10BrClN2O3S2/c1-16(2)11(17)9-10(13)15-12(20-9)21(18,19)8-5-3-7(14)4-6-8/h3-6H,1-2H3. The van der Waals surface area contributed by atoms with Crippen molar-refractivity contribution < 1.29 is 13.2 Å². The third-order valence-corrected chi connectivity index (χ3v) is 6.80. The SMILES string of the molecule is CN(C)C(=O)c1sc(S(=O)(=O)c2ccc(Cl)cc2)nc1Br. The molecule has 5 nitrogen and oxygen atoms in total. The second kappa shape index (κ2) is 6.04. The third-order valence-electron chi connectivity index (χ3n) is 2.52. The molecular weight excluding hydrogens is 400 g/mol. The van der Waals surface area contributed by atoms with Crippen LogP contribution in [0.25, 0.3) is 0 Å². The van der Waals surface area contributed by atoms with Gasteiger partial charge >= 0.3 is 0 Å². The summed E-state index contributed by atoms with van der Waals surface area (Å²) in [5.74, 6) is -0.308. The van der Waals surface area contributed by atoms with Crippen molar-refractivity contribution in [1.82, 2.24) is 9.88 Å². The van der Waals surface area contributed by atoms with E-state index in [0.717, 1.165) is 11.3 Å². The first-order valence-electron chi connectivity index (χ1n) is 5.62. The maximum absolute atomic E-state index is 12.5. The molecule has 2 aromatic rings. The number of amides is 1. The van der Waals surface area contributed by atoms with Gasteiger partial charge in [-0.15, -0.1) is 0 Å². The average molecular weight is 410 g/mol. The van der Waals surface area contributed by atoms with Gasteiger partial charge in [-0.2, -0.15) is 0 Å². The van der Waals surface area contributed by atoms with Crippen molar-refractivity contribution in [2.24, 2.45) is 0 Å². The summed E-state index contributed by atoms with van der Waals surface area (Å²) in [4.78, 5) is 17.6. The van der Waals surface area contributed by atoms with Gasteiger partial charge in [-0.25, -0.2) is 13.4 Å². The highest BCUT2D eigenvalue weighted by atomic mass is 79.9. The van der Waals surface area contributed by atoms with Gasteiger partial charge in [-0.1, -0.05) is 22.9 Å². The molecule has 1 aromatic heterocycles. The average Bonchev–Trinajstić information content (AvgIpc) is 2.81. The van der Waals surface area contributed by atoms with Gasteiger partial charge in [-0.05, 0) is 40.2 Å². The van der Waals surface area contributed by atoms with Crippen molar-refractivity contribution in [2.75, 3.05) is 14.1 Å². The number of carbonyl (C=O) groups excluding carboxylic acids is 1. The molecule has 1 aromatic carbocycles. The topological polar surface area (TPSA) is 67.3 Å². The lowest BCUT2D eigenvalue weighted by Gasteiger charge is -2.07. The molecule has 112 valence electrons. The van der Waals surface area contributed by atoms with Gasteiger partial charge in [0, 0.05) is 19.1 Å². The lowest BCUT2D eigenvalue weighted by Crippen LogP contribution is -2.20. The van der Waals surface area contributed by atoms with Crippen LogP contribution in [0.4, 0.5) is 0 Å². The van der Waals surface area contributed by atoms with Crippen LogP contribution in [-0.2, 0) is 9.84 Å². The van der Waals surface area contributed by atoms with E-state index in [0.29, 0.717) is 5.02 Å². The number of aromatic nitrogens is 1. The van der Waals surface area contributed by atoms with E-state index in [4.69, 9.17) is 11.6 Å². The van der Waals surface area contributed by atoms with Crippen LogP contribution in [0.3, 0.4) is 0 Å². The molecule has 21 heavy (non-hydrogen) atoms. The molecule has 0 fully saturated rings. The maximum Gasteiger partial charge on any atom is 0.266 e. The van der Waals surface area contributed by atoms with E-state index < -0.39 is 9.84 Å². The Hall–Kier alpha value is -0.960. The Morgan fingerprint density at radius 1 is 1.29 bits per heavy atom. The minimum atomic E-state index is -3.77. The number of halogens is 2. The van der Waals surface area contributed by atoms with Gasteiger partial charge in [0.1, 0.15) is 9.48 Å². The van der Waals surface area contributed by atoms with E-state index in [9.17, 15) is 13.2 Å². The highest BCUT2D eigenvalue weighted by Crippen LogP contribution is 2.31. The molecule has 0 aliphatic carbocycles. The molecule has 2 rings (SSSR count). The Morgan fingerprint density at radius 2 is 1.86 bits per heavy atom. The molecule has 0 saturated carbocycles. The lowest BCUT2D eigenvalue weighted by molar-refractivity contribution is 0.0831. The summed E-state index contributed by atoms with van der Waals surface area (Å²) in [6.07, 6.45) is 0. The van der Waals surface area contributed by atoms with Crippen molar-refractivity contribution in [2.45, 2.75) is 9.24 Å². The monoisotopic (exact) mass is 408 g/mol. The predicted octanol–water partition coefficient (Wildman–Crippen LogP) is 3.09. The molecule has 0 atom stereocenters. The number of hydrogen-bond acceptors (Lipinski definition) is 5. The van der Waals surface area contributed by atoms with Crippen LogP contribution in [0.1, 0.15) is 9.67 Å². The molecule has 1 heterocycles. The first-order chi connectivity index (χ1) is 9.73. The number of nitrogens with zero attached hydrogens (tertiary/aromatic N) is 2. The predicted molar refractivity (Wildman–Crippen MR) is 84.7 cm³/mol. The Bertz CT molecular complexity index is 785. The Labute approximate surface area is 139 Å². The first-order valence-corrected chi connectivity index (χ1v) is 9.09. The summed E-state index contributed by atoms with van der Waals surface area (Å²) < 4.78 is 25.0. The minimum Gasteiger partial charge on any atom is -0.344 e. The van der Waals surface area contributed by atoms with E-state index in [1.807, 2.05) is 0 Å². The van der Waals surface area contributed by atoms with E-state index in [-0.39, 0.29) is 24.6 Å².